The molecule has 0 aliphatic carbocycles. The predicted molar refractivity (Wildman–Crippen MR) is 137 cm³/mol. The van der Waals surface area contributed by atoms with Gasteiger partial charge in [-0.1, -0.05) is 118 Å². The number of rotatable bonds is 23. The van der Waals surface area contributed by atoms with Crippen molar-refractivity contribution in [1.29, 1.82) is 0 Å². The summed E-state index contributed by atoms with van der Waals surface area (Å²) in [4.78, 5) is 0. The maximum absolute atomic E-state index is 2.41. The Balaban J connectivity index is 3.46. The molecule has 0 atom stereocenters. The summed E-state index contributed by atoms with van der Waals surface area (Å²) in [6, 6.07) is 0. The molecular weight excluding hydrogens is 355 g/mol. The minimum Gasteiger partial charge on any atom is -0.0654 e. The average molecular weight is 414 g/mol. The summed E-state index contributed by atoms with van der Waals surface area (Å²) in [6.45, 7) is 9.54. The van der Waals surface area contributed by atoms with Crippen molar-refractivity contribution in [3.63, 3.8) is 0 Å². The molecule has 0 aliphatic rings. The van der Waals surface area contributed by atoms with Gasteiger partial charge in [-0.15, -0.1) is 0 Å². The van der Waals surface area contributed by atoms with E-state index in [9.17, 15) is 0 Å². The third kappa shape index (κ3) is 17.3. The second kappa shape index (κ2) is 22.1. The molecule has 0 aromatic rings. The predicted octanol–water partition coefficient (Wildman–Crippen LogP) is 10.5. The van der Waals surface area contributed by atoms with Crippen LogP contribution in [0, 0.1) is 0 Å². The highest BCUT2D eigenvalue weighted by atomic mass is 31.2. The Morgan fingerprint density at radius 1 is 0.286 bits per heavy atom. The number of unbranched alkanes of at least 4 members (excludes halogenated alkanes) is 15. The molecule has 0 radical (unpaired) electrons. The van der Waals surface area contributed by atoms with Crippen molar-refractivity contribution < 1.29 is 0 Å². The standard InChI is InChI=1S/C27H58P/c1-5-9-10-11-12-13-14-15-16-17-18-19-20-21-22-23-27-28(24-6-2,25-7-3)26-8-4/h5-27H2,1-4H3/q+1. The van der Waals surface area contributed by atoms with Crippen LogP contribution in [0.1, 0.15) is 150 Å². The maximum atomic E-state index is 2.41. The highest BCUT2D eigenvalue weighted by molar-refractivity contribution is 7.75. The first-order valence-corrected chi connectivity index (χ1v) is 16.1. The molecule has 0 amide bonds. The summed E-state index contributed by atoms with van der Waals surface area (Å²) in [5.41, 5.74) is 0. The summed E-state index contributed by atoms with van der Waals surface area (Å²) in [6.07, 6.45) is 34.4. The molecule has 0 bridgehead atoms. The van der Waals surface area contributed by atoms with Crippen molar-refractivity contribution in [3.8, 4) is 0 Å². The molecule has 0 unspecified atom stereocenters. The van der Waals surface area contributed by atoms with Crippen molar-refractivity contribution in [2.45, 2.75) is 150 Å². The van der Waals surface area contributed by atoms with Gasteiger partial charge in [0.25, 0.3) is 0 Å². The van der Waals surface area contributed by atoms with Crippen molar-refractivity contribution >= 4 is 7.26 Å². The van der Waals surface area contributed by atoms with Crippen LogP contribution in [0.2, 0.25) is 0 Å². The smallest absolute Gasteiger partial charge is 0.0594 e. The molecule has 0 saturated heterocycles. The zero-order valence-corrected chi connectivity index (χ0v) is 21.6. The van der Waals surface area contributed by atoms with Crippen LogP contribution in [0.3, 0.4) is 0 Å². The molecule has 28 heavy (non-hydrogen) atoms. The van der Waals surface area contributed by atoms with E-state index in [0.29, 0.717) is 0 Å². The van der Waals surface area contributed by atoms with Gasteiger partial charge in [0.2, 0.25) is 0 Å². The van der Waals surface area contributed by atoms with Gasteiger partial charge in [-0.05, 0) is 32.1 Å². The molecule has 0 aromatic carbocycles. The number of hydrogen-bond donors (Lipinski definition) is 0. The van der Waals surface area contributed by atoms with Crippen LogP contribution in [0.25, 0.3) is 0 Å². The Hall–Kier alpha value is 0.430. The van der Waals surface area contributed by atoms with E-state index in [2.05, 4.69) is 27.7 Å². The zero-order valence-electron chi connectivity index (χ0n) is 20.7. The molecule has 170 valence electrons. The fourth-order valence-corrected chi connectivity index (χ4v) is 10.2. The van der Waals surface area contributed by atoms with Crippen molar-refractivity contribution in [1.82, 2.24) is 0 Å². The lowest BCUT2D eigenvalue weighted by atomic mass is 10.0. The minimum absolute atomic E-state index is 0.584. The van der Waals surface area contributed by atoms with E-state index in [1.54, 1.807) is 24.6 Å². The third-order valence-corrected chi connectivity index (χ3v) is 12.0. The summed E-state index contributed by atoms with van der Waals surface area (Å²) in [5.74, 6) is 0. The Bertz CT molecular complexity index is 269. The van der Waals surface area contributed by atoms with E-state index >= 15 is 0 Å². The molecule has 0 aromatic heterocycles. The van der Waals surface area contributed by atoms with Gasteiger partial charge < -0.3 is 0 Å². The minimum atomic E-state index is -0.584. The molecular formula is C27H58P+. The van der Waals surface area contributed by atoms with Crippen molar-refractivity contribution in [2.75, 3.05) is 24.6 Å². The number of hydrogen-bond acceptors (Lipinski definition) is 0. The van der Waals surface area contributed by atoms with E-state index in [0.717, 1.165) is 0 Å². The Kier molecular flexibility index (Phi) is 22.5. The zero-order chi connectivity index (χ0) is 20.8. The Morgan fingerprint density at radius 2 is 0.571 bits per heavy atom. The second-order valence-electron chi connectivity index (χ2n) is 9.54. The van der Waals surface area contributed by atoms with Gasteiger partial charge in [0.05, 0.1) is 24.6 Å². The van der Waals surface area contributed by atoms with Crippen LogP contribution in [0.15, 0.2) is 0 Å². The van der Waals surface area contributed by atoms with Gasteiger partial charge in [0.1, 0.15) is 0 Å². The maximum Gasteiger partial charge on any atom is 0.0594 e. The van der Waals surface area contributed by atoms with E-state index < -0.39 is 7.26 Å². The van der Waals surface area contributed by atoms with Crippen LogP contribution in [0.4, 0.5) is 0 Å². The van der Waals surface area contributed by atoms with E-state index in [1.807, 2.05) is 0 Å². The van der Waals surface area contributed by atoms with E-state index in [4.69, 9.17) is 0 Å². The summed E-state index contributed by atoms with van der Waals surface area (Å²) in [5, 5.41) is 0. The molecule has 1 heteroatoms. The van der Waals surface area contributed by atoms with Crippen LogP contribution in [-0.4, -0.2) is 24.6 Å². The first-order valence-electron chi connectivity index (χ1n) is 13.6. The monoisotopic (exact) mass is 413 g/mol. The summed E-state index contributed by atoms with van der Waals surface area (Å²) < 4.78 is 0. The summed E-state index contributed by atoms with van der Waals surface area (Å²) >= 11 is 0. The molecule has 0 nitrogen and oxygen atoms in total. The third-order valence-electron chi connectivity index (χ3n) is 6.58. The first-order chi connectivity index (χ1) is 13.7. The van der Waals surface area contributed by atoms with Gasteiger partial charge in [-0.2, -0.15) is 0 Å². The molecule has 0 heterocycles. The Labute approximate surface area is 181 Å². The van der Waals surface area contributed by atoms with E-state index in [-0.39, 0.29) is 0 Å². The van der Waals surface area contributed by atoms with Gasteiger partial charge in [0, 0.05) is 7.26 Å². The van der Waals surface area contributed by atoms with Crippen LogP contribution >= 0.6 is 7.26 Å². The lowest BCUT2D eigenvalue weighted by molar-refractivity contribution is 0.531. The van der Waals surface area contributed by atoms with Crippen LogP contribution in [-0.2, 0) is 0 Å². The average Bonchev–Trinajstić information content (AvgIpc) is 2.68. The normalized spacial score (nSPS) is 12.0. The lowest BCUT2D eigenvalue weighted by Crippen LogP contribution is -2.11. The lowest BCUT2D eigenvalue weighted by Gasteiger charge is -2.27. The Morgan fingerprint density at radius 3 is 0.857 bits per heavy atom. The van der Waals surface area contributed by atoms with Crippen molar-refractivity contribution in [3.05, 3.63) is 0 Å². The van der Waals surface area contributed by atoms with Gasteiger partial charge in [0.15, 0.2) is 0 Å². The molecule has 0 rings (SSSR count). The van der Waals surface area contributed by atoms with Gasteiger partial charge in [-0.25, -0.2) is 0 Å². The highest BCUT2D eigenvalue weighted by Crippen LogP contribution is 2.60. The quantitative estimate of drug-likeness (QED) is 0.115. The van der Waals surface area contributed by atoms with Crippen molar-refractivity contribution in [2.24, 2.45) is 0 Å². The molecule has 0 saturated carbocycles. The van der Waals surface area contributed by atoms with Crippen LogP contribution < -0.4 is 0 Å². The fraction of sp³-hybridized carbons (Fsp3) is 1.00. The first kappa shape index (κ1) is 28.4. The topological polar surface area (TPSA) is 0 Å². The van der Waals surface area contributed by atoms with Gasteiger partial charge >= 0.3 is 0 Å². The molecule has 0 fully saturated rings. The second-order valence-corrected chi connectivity index (χ2v) is 14.0. The largest absolute Gasteiger partial charge is 0.0654 e. The van der Waals surface area contributed by atoms with Crippen LogP contribution in [0.5, 0.6) is 0 Å². The van der Waals surface area contributed by atoms with Gasteiger partial charge in [-0.3, -0.25) is 0 Å². The fourth-order valence-electron chi connectivity index (χ4n) is 5.09. The SMILES string of the molecule is CCCCCCCCCCCCCCCCCC[P+](CCC)(CCC)CCC. The molecule has 0 N–H and O–H groups in total. The molecule has 0 spiro atoms. The molecule has 0 aliphatic heterocycles. The van der Waals surface area contributed by atoms with E-state index in [1.165, 1.54) is 122 Å². The highest BCUT2D eigenvalue weighted by Gasteiger charge is 2.33. The summed E-state index contributed by atoms with van der Waals surface area (Å²) in [7, 11) is -0.584.